The maximum absolute atomic E-state index is 11.7. The zero-order valence-corrected chi connectivity index (χ0v) is 10.7. The minimum atomic E-state index is -0.435. The van der Waals surface area contributed by atoms with Crippen LogP contribution in [-0.4, -0.2) is 42.0 Å². The average molecular weight is 248 g/mol. The number of hydrogen-bond acceptors (Lipinski definition) is 5. The van der Waals surface area contributed by atoms with Crippen molar-refractivity contribution in [1.29, 1.82) is 0 Å². The van der Waals surface area contributed by atoms with Gasteiger partial charge in [-0.15, -0.1) is 0 Å². The number of imidazole rings is 1. The number of aromatic nitrogens is 2. The molecule has 0 aliphatic carbocycles. The third-order valence-electron chi connectivity index (χ3n) is 2.53. The van der Waals surface area contributed by atoms with Crippen molar-refractivity contribution < 1.29 is 9.53 Å². The number of nitrogens with zero attached hydrogens (tertiary/aromatic N) is 2. The molecule has 0 aliphatic rings. The van der Waals surface area contributed by atoms with Gasteiger partial charge in [0.1, 0.15) is 11.3 Å². The Bertz CT molecular complexity index is 589. The van der Waals surface area contributed by atoms with Crippen LogP contribution in [0.15, 0.2) is 12.1 Å². The molecule has 0 bridgehead atoms. The van der Waals surface area contributed by atoms with E-state index in [1.165, 1.54) is 7.11 Å². The number of nitrogens with one attached hydrogen (secondary N) is 1. The second-order valence-corrected chi connectivity index (χ2v) is 4.38. The van der Waals surface area contributed by atoms with Crippen LogP contribution in [-0.2, 0) is 11.3 Å². The molecule has 3 N–H and O–H groups in total. The number of H-pyrrole nitrogens is 1. The van der Waals surface area contributed by atoms with Crippen molar-refractivity contribution in [3.05, 3.63) is 23.5 Å². The first-order valence-electron chi connectivity index (χ1n) is 5.52. The number of hydrogen-bond donors (Lipinski definition) is 2. The Morgan fingerprint density at radius 2 is 2.22 bits per heavy atom. The van der Waals surface area contributed by atoms with E-state index in [2.05, 4.69) is 9.97 Å². The van der Waals surface area contributed by atoms with E-state index in [0.717, 1.165) is 11.3 Å². The standard InChI is InChI=1S/C12H16N4O2/c1-16(2)6-10-14-9-5-7(13)4-8(11(9)15-10)12(17)18-3/h4-5H,6,13H2,1-3H3,(H,14,15). The van der Waals surface area contributed by atoms with Crippen molar-refractivity contribution in [3.63, 3.8) is 0 Å². The van der Waals surface area contributed by atoms with Crippen LogP contribution in [0.4, 0.5) is 5.69 Å². The smallest absolute Gasteiger partial charge is 0.340 e. The molecule has 6 nitrogen and oxygen atoms in total. The third-order valence-corrected chi connectivity index (χ3v) is 2.53. The fourth-order valence-electron chi connectivity index (χ4n) is 1.83. The lowest BCUT2D eigenvalue weighted by molar-refractivity contribution is 0.0603. The molecule has 6 heteroatoms. The van der Waals surface area contributed by atoms with E-state index in [-0.39, 0.29) is 0 Å². The third kappa shape index (κ3) is 2.28. The Kier molecular flexibility index (Phi) is 3.20. The Morgan fingerprint density at radius 3 is 2.83 bits per heavy atom. The molecule has 2 rings (SSSR count). The van der Waals surface area contributed by atoms with E-state index in [1.807, 2.05) is 19.0 Å². The van der Waals surface area contributed by atoms with Crippen LogP contribution in [0.1, 0.15) is 16.2 Å². The number of rotatable bonds is 3. The highest BCUT2D eigenvalue weighted by Crippen LogP contribution is 2.21. The number of fused-ring (bicyclic) bond motifs is 1. The Balaban J connectivity index is 2.56. The van der Waals surface area contributed by atoms with Crippen LogP contribution in [0.25, 0.3) is 11.0 Å². The van der Waals surface area contributed by atoms with Gasteiger partial charge in [0, 0.05) is 5.69 Å². The quantitative estimate of drug-likeness (QED) is 0.625. The first-order valence-corrected chi connectivity index (χ1v) is 5.52. The molecule has 0 unspecified atom stereocenters. The molecule has 0 spiro atoms. The molecular weight excluding hydrogens is 232 g/mol. The molecule has 0 aliphatic heterocycles. The van der Waals surface area contributed by atoms with Gasteiger partial charge in [-0.05, 0) is 26.2 Å². The predicted octanol–water partition coefficient (Wildman–Crippen LogP) is 0.993. The van der Waals surface area contributed by atoms with Crippen molar-refractivity contribution in [3.8, 4) is 0 Å². The monoisotopic (exact) mass is 248 g/mol. The van der Waals surface area contributed by atoms with Gasteiger partial charge in [-0.25, -0.2) is 9.78 Å². The normalized spacial score (nSPS) is 11.1. The SMILES string of the molecule is COC(=O)c1cc(N)cc2[nH]c(CN(C)C)nc12. The number of nitrogen functional groups attached to an aromatic ring is 1. The number of nitrogens with two attached hydrogens (primary N) is 1. The fourth-order valence-corrected chi connectivity index (χ4v) is 1.83. The number of methoxy groups -OCH3 is 1. The van der Waals surface area contributed by atoms with Gasteiger partial charge in [0.15, 0.2) is 0 Å². The van der Waals surface area contributed by atoms with Crippen LogP contribution < -0.4 is 5.73 Å². The molecule has 0 radical (unpaired) electrons. The van der Waals surface area contributed by atoms with Gasteiger partial charge >= 0.3 is 5.97 Å². The van der Waals surface area contributed by atoms with Gasteiger partial charge in [0.25, 0.3) is 0 Å². The number of ether oxygens (including phenoxy) is 1. The Hall–Kier alpha value is -2.08. The summed E-state index contributed by atoms with van der Waals surface area (Å²) < 4.78 is 4.73. The summed E-state index contributed by atoms with van der Waals surface area (Å²) in [6.45, 7) is 0.662. The highest BCUT2D eigenvalue weighted by atomic mass is 16.5. The van der Waals surface area contributed by atoms with Crippen LogP contribution in [0.5, 0.6) is 0 Å². The summed E-state index contributed by atoms with van der Waals surface area (Å²) in [5.41, 5.74) is 7.98. The van der Waals surface area contributed by atoms with Gasteiger partial charge in [0.05, 0.1) is 24.7 Å². The summed E-state index contributed by atoms with van der Waals surface area (Å²) in [4.78, 5) is 21.2. The van der Waals surface area contributed by atoms with E-state index in [9.17, 15) is 4.79 Å². The molecule has 18 heavy (non-hydrogen) atoms. The van der Waals surface area contributed by atoms with E-state index in [0.29, 0.717) is 23.3 Å². The first-order chi connectivity index (χ1) is 8.51. The zero-order chi connectivity index (χ0) is 13.3. The summed E-state index contributed by atoms with van der Waals surface area (Å²) in [5.74, 6) is 0.348. The molecule has 0 saturated heterocycles. The minimum Gasteiger partial charge on any atom is -0.465 e. The Morgan fingerprint density at radius 1 is 1.50 bits per heavy atom. The van der Waals surface area contributed by atoms with E-state index >= 15 is 0 Å². The largest absolute Gasteiger partial charge is 0.465 e. The molecule has 0 atom stereocenters. The molecule has 0 amide bonds. The van der Waals surface area contributed by atoms with Crippen molar-refractivity contribution in [2.24, 2.45) is 0 Å². The number of anilines is 1. The molecular formula is C12H16N4O2. The maximum atomic E-state index is 11.7. The number of aromatic amines is 1. The summed E-state index contributed by atoms with van der Waals surface area (Å²) in [7, 11) is 5.23. The van der Waals surface area contributed by atoms with Crippen molar-refractivity contribution in [2.45, 2.75) is 6.54 Å². The minimum absolute atomic E-state index is 0.383. The highest BCUT2D eigenvalue weighted by molar-refractivity contribution is 6.03. The topological polar surface area (TPSA) is 84.2 Å². The lowest BCUT2D eigenvalue weighted by Crippen LogP contribution is -2.11. The summed E-state index contributed by atoms with van der Waals surface area (Å²) >= 11 is 0. The zero-order valence-electron chi connectivity index (χ0n) is 10.7. The molecule has 0 fully saturated rings. The van der Waals surface area contributed by atoms with E-state index in [1.54, 1.807) is 12.1 Å². The van der Waals surface area contributed by atoms with Gasteiger partial charge in [0.2, 0.25) is 0 Å². The number of carbonyl (C=O) groups excluding carboxylic acids is 1. The van der Waals surface area contributed by atoms with Crippen molar-refractivity contribution >= 4 is 22.7 Å². The number of carbonyl (C=O) groups is 1. The second kappa shape index (κ2) is 4.66. The van der Waals surface area contributed by atoms with E-state index in [4.69, 9.17) is 10.5 Å². The number of esters is 1. The summed E-state index contributed by atoms with van der Waals surface area (Å²) in [5, 5.41) is 0. The van der Waals surface area contributed by atoms with Gasteiger partial charge in [-0.3, -0.25) is 0 Å². The average Bonchev–Trinajstić information content (AvgIpc) is 2.67. The number of benzene rings is 1. The summed E-state index contributed by atoms with van der Waals surface area (Å²) in [6, 6.07) is 3.34. The maximum Gasteiger partial charge on any atom is 0.340 e. The summed E-state index contributed by atoms with van der Waals surface area (Å²) in [6.07, 6.45) is 0. The Labute approximate surface area is 105 Å². The highest BCUT2D eigenvalue weighted by Gasteiger charge is 2.15. The van der Waals surface area contributed by atoms with Crippen molar-refractivity contribution in [2.75, 3.05) is 26.9 Å². The van der Waals surface area contributed by atoms with Crippen molar-refractivity contribution in [1.82, 2.24) is 14.9 Å². The molecule has 1 aromatic carbocycles. The van der Waals surface area contributed by atoms with Gasteiger partial charge in [-0.2, -0.15) is 0 Å². The van der Waals surface area contributed by atoms with Crippen LogP contribution in [0, 0.1) is 0 Å². The van der Waals surface area contributed by atoms with Crippen LogP contribution >= 0.6 is 0 Å². The molecule has 1 heterocycles. The lowest BCUT2D eigenvalue weighted by Gasteiger charge is -2.05. The second-order valence-electron chi connectivity index (χ2n) is 4.38. The molecule has 2 aromatic rings. The molecule has 0 saturated carbocycles. The predicted molar refractivity (Wildman–Crippen MR) is 69.2 cm³/mol. The van der Waals surface area contributed by atoms with E-state index < -0.39 is 5.97 Å². The van der Waals surface area contributed by atoms with Gasteiger partial charge < -0.3 is 20.4 Å². The lowest BCUT2D eigenvalue weighted by atomic mass is 10.1. The molecule has 1 aromatic heterocycles. The van der Waals surface area contributed by atoms with Gasteiger partial charge in [-0.1, -0.05) is 0 Å². The van der Waals surface area contributed by atoms with Crippen LogP contribution in [0.2, 0.25) is 0 Å². The first kappa shape index (κ1) is 12.4. The molecule has 96 valence electrons. The fraction of sp³-hybridized carbons (Fsp3) is 0.333. The van der Waals surface area contributed by atoms with Crippen LogP contribution in [0.3, 0.4) is 0 Å².